The number of nitrogens with two attached hydrogens (primary N) is 1. The number of carbonyl (C=O) groups excluding carboxylic acids is 2. The van der Waals surface area contributed by atoms with E-state index >= 15 is 0 Å². The summed E-state index contributed by atoms with van der Waals surface area (Å²) in [6.07, 6.45) is 2.45. The Kier molecular flexibility index (Phi) is 16.9. The van der Waals surface area contributed by atoms with Crippen molar-refractivity contribution >= 4 is 25.1 Å². The summed E-state index contributed by atoms with van der Waals surface area (Å²) in [7, 11) is 1.80. The third-order valence-corrected chi connectivity index (χ3v) is 4.68. The molecule has 5 N–H and O–H groups in total. The van der Waals surface area contributed by atoms with Crippen LogP contribution >= 0.6 is 12.6 Å². The van der Waals surface area contributed by atoms with Crippen LogP contribution in [0, 0.1) is 5.82 Å². The largest absolute Gasteiger partial charge is 0.573 e. The molecule has 0 spiro atoms. The fraction of sp³-hybridized carbons (Fsp3) is 0.619. The molecule has 0 radical (unpaired) electrons. The number of thiol groups is 1. The number of ether oxygens (including phenoxy) is 1. The first-order valence-corrected chi connectivity index (χ1v) is 11.2. The van der Waals surface area contributed by atoms with Gasteiger partial charge in [-0.15, -0.1) is 13.2 Å². The van der Waals surface area contributed by atoms with Gasteiger partial charge in [-0.1, -0.05) is 6.07 Å². The number of nitrogens with one attached hydrogen (secondary N) is 2. The summed E-state index contributed by atoms with van der Waals surface area (Å²) < 4.78 is 52.2. The summed E-state index contributed by atoms with van der Waals surface area (Å²) in [5.41, 5.74) is 4.76. The van der Waals surface area contributed by atoms with E-state index in [1.807, 2.05) is 4.90 Å². The molecule has 0 aromatic heterocycles. The molecule has 1 aliphatic carbocycles. The number of urea groups is 1. The SMILES string of the molecule is CNCCO.NC(=O)NCc1ccc(OC(F)(F)F)cc1F.O=CN1CCCCC1.SC1CC1. The third kappa shape index (κ3) is 19.2. The van der Waals surface area contributed by atoms with Crippen molar-refractivity contribution in [1.29, 1.82) is 0 Å². The van der Waals surface area contributed by atoms with Gasteiger partial charge >= 0.3 is 12.4 Å². The van der Waals surface area contributed by atoms with Crippen molar-refractivity contribution in [2.24, 2.45) is 5.73 Å². The number of aliphatic hydroxyl groups is 1. The first-order chi connectivity index (χ1) is 16.0. The molecule has 1 saturated heterocycles. The van der Waals surface area contributed by atoms with Gasteiger partial charge in [0.25, 0.3) is 0 Å². The fourth-order valence-corrected chi connectivity index (χ4v) is 2.41. The molecule has 2 aliphatic rings. The Hall–Kier alpha value is -2.25. The molecule has 0 bridgehead atoms. The molecule has 0 unspecified atom stereocenters. The average molecular weight is 515 g/mol. The van der Waals surface area contributed by atoms with Crippen molar-refractivity contribution in [3.05, 3.63) is 29.6 Å². The molecule has 2 fully saturated rings. The van der Waals surface area contributed by atoms with Gasteiger partial charge in [0.15, 0.2) is 0 Å². The van der Waals surface area contributed by atoms with Crippen molar-refractivity contribution in [3.8, 4) is 5.75 Å². The molecule has 1 aliphatic heterocycles. The van der Waals surface area contributed by atoms with E-state index < -0.39 is 24.0 Å². The first kappa shape index (κ1) is 31.8. The molecule has 8 nitrogen and oxygen atoms in total. The molecular formula is C21H34F4N4O4S. The van der Waals surface area contributed by atoms with Crippen molar-refractivity contribution in [3.63, 3.8) is 0 Å². The second-order valence-electron chi connectivity index (χ2n) is 7.28. The van der Waals surface area contributed by atoms with Gasteiger partial charge < -0.3 is 31.1 Å². The topological polar surface area (TPSA) is 117 Å². The highest BCUT2D eigenvalue weighted by Crippen LogP contribution is 2.25. The van der Waals surface area contributed by atoms with Crippen LogP contribution in [0.3, 0.4) is 0 Å². The van der Waals surface area contributed by atoms with E-state index in [0.29, 0.717) is 12.6 Å². The number of alkyl halides is 3. The number of amides is 3. The van der Waals surface area contributed by atoms with E-state index in [0.717, 1.165) is 36.9 Å². The van der Waals surface area contributed by atoms with Crippen LogP contribution in [-0.4, -0.2) is 67.3 Å². The van der Waals surface area contributed by atoms with Crippen molar-refractivity contribution in [1.82, 2.24) is 15.5 Å². The Morgan fingerprint density at radius 2 is 1.88 bits per heavy atom. The van der Waals surface area contributed by atoms with Gasteiger partial charge in [0.05, 0.1) is 6.61 Å². The normalized spacial score (nSPS) is 14.7. The number of primary amides is 1. The van der Waals surface area contributed by atoms with Gasteiger partial charge in [-0.05, 0) is 45.2 Å². The smallest absolute Gasteiger partial charge is 0.406 e. The maximum atomic E-state index is 13.2. The predicted octanol–water partition coefficient (Wildman–Crippen LogP) is 2.80. The monoisotopic (exact) mass is 514 g/mol. The number of carbonyl (C=O) groups is 2. The van der Waals surface area contributed by atoms with Crippen LogP contribution in [0.15, 0.2) is 18.2 Å². The third-order valence-electron chi connectivity index (χ3n) is 4.16. The average Bonchev–Trinajstić information content (AvgIpc) is 3.56. The first-order valence-electron chi connectivity index (χ1n) is 10.7. The summed E-state index contributed by atoms with van der Waals surface area (Å²) in [6, 6.07) is 1.71. The maximum absolute atomic E-state index is 13.2. The highest BCUT2D eigenvalue weighted by Gasteiger charge is 2.31. The zero-order chi connectivity index (χ0) is 26.0. The second kappa shape index (κ2) is 18.1. The van der Waals surface area contributed by atoms with Gasteiger partial charge in [-0.2, -0.15) is 12.6 Å². The number of rotatable bonds is 6. The molecule has 1 heterocycles. The number of nitrogens with zero attached hydrogens (tertiary/aromatic N) is 1. The lowest BCUT2D eigenvalue weighted by Gasteiger charge is -2.21. The molecular weight excluding hydrogens is 480 g/mol. The number of hydrogen-bond donors (Lipinski definition) is 5. The van der Waals surface area contributed by atoms with E-state index in [1.54, 1.807) is 7.05 Å². The summed E-state index contributed by atoms with van der Waals surface area (Å²) in [5.74, 6) is -1.60. The minimum Gasteiger partial charge on any atom is -0.406 e. The Morgan fingerprint density at radius 3 is 2.21 bits per heavy atom. The van der Waals surface area contributed by atoms with E-state index in [1.165, 1.54) is 32.1 Å². The minimum atomic E-state index is -4.88. The van der Waals surface area contributed by atoms with E-state index in [4.69, 9.17) is 10.8 Å². The number of likely N-dealkylation sites (N-methyl/N-ethyl adjacent to an activating group) is 1. The number of aliphatic hydroxyl groups excluding tert-OH is 1. The minimum absolute atomic E-state index is 0.00155. The molecule has 1 aromatic rings. The van der Waals surface area contributed by atoms with Gasteiger partial charge in [-0.25, -0.2) is 9.18 Å². The van der Waals surface area contributed by atoms with Crippen LogP contribution in [-0.2, 0) is 11.3 Å². The number of halogens is 4. The number of piperidine rings is 1. The number of benzene rings is 1. The van der Waals surface area contributed by atoms with Crippen molar-refractivity contribution in [2.45, 2.75) is 50.3 Å². The number of likely N-dealkylation sites (tertiary alicyclic amines) is 1. The maximum Gasteiger partial charge on any atom is 0.573 e. The summed E-state index contributed by atoms with van der Waals surface area (Å²) in [4.78, 5) is 22.3. The molecule has 196 valence electrons. The summed E-state index contributed by atoms with van der Waals surface area (Å²) in [6.45, 7) is 2.66. The van der Waals surface area contributed by atoms with Crippen LogP contribution < -0.4 is 21.1 Å². The van der Waals surface area contributed by atoms with Crippen molar-refractivity contribution < 1.29 is 37.0 Å². The highest BCUT2D eigenvalue weighted by molar-refractivity contribution is 7.81. The lowest BCUT2D eigenvalue weighted by molar-refractivity contribution is -0.274. The molecule has 13 heteroatoms. The Labute approximate surface area is 202 Å². The molecule has 3 amide bonds. The van der Waals surface area contributed by atoms with Gasteiger partial charge in [0.2, 0.25) is 6.41 Å². The second-order valence-corrected chi connectivity index (χ2v) is 8.01. The molecule has 0 atom stereocenters. The Balaban J connectivity index is 0.000000521. The summed E-state index contributed by atoms with van der Waals surface area (Å²) >= 11 is 4.08. The molecule has 1 aromatic carbocycles. The quantitative estimate of drug-likeness (QED) is 0.227. The Bertz CT molecular complexity index is 702. The fourth-order valence-electron chi connectivity index (χ4n) is 2.26. The lowest BCUT2D eigenvalue weighted by atomic mass is 10.1. The zero-order valence-electron chi connectivity index (χ0n) is 19.1. The van der Waals surface area contributed by atoms with Crippen molar-refractivity contribution in [2.75, 3.05) is 33.3 Å². The van der Waals surface area contributed by atoms with Crippen LogP contribution in [0.2, 0.25) is 0 Å². The predicted molar refractivity (Wildman–Crippen MR) is 124 cm³/mol. The Morgan fingerprint density at radius 1 is 1.29 bits per heavy atom. The standard InChI is InChI=1S/C9H8F4N2O2.C6H11NO.C3H9NO.C3H6S/c10-7-3-6(17-9(11,12)13)2-1-5(7)4-15-8(14)16;8-6-7-4-2-1-3-5-7;1-4-2-3-5;4-3-1-2-3/h1-3H,4H2,(H3,14,15,16);6H,1-5H2;4-5H,2-3H2,1H3;3-4H,1-2H2. The zero-order valence-corrected chi connectivity index (χ0v) is 20.0. The van der Waals surface area contributed by atoms with Crippen LogP contribution in [0.4, 0.5) is 22.4 Å². The van der Waals surface area contributed by atoms with Crippen LogP contribution in [0.1, 0.15) is 37.7 Å². The van der Waals surface area contributed by atoms with Gasteiger partial charge in [-0.3, -0.25) is 4.79 Å². The van der Waals surface area contributed by atoms with E-state index in [2.05, 4.69) is 28.0 Å². The van der Waals surface area contributed by atoms with Gasteiger partial charge in [0, 0.05) is 43.1 Å². The summed E-state index contributed by atoms with van der Waals surface area (Å²) in [5, 5.41) is 13.7. The highest BCUT2D eigenvalue weighted by atomic mass is 32.1. The number of hydrogen-bond acceptors (Lipinski definition) is 6. The van der Waals surface area contributed by atoms with Crippen LogP contribution in [0.25, 0.3) is 0 Å². The molecule has 34 heavy (non-hydrogen) atoms. The molecule has 1 saturated carbocycles. The van der Waals surface area contributed by atoms with E-state index in [9.17, 15) is 27.2 Å². The van der Waals surface area contributed by atoms with Crippen LogP contribution in [0.5, 0.6) is 5.75 Å². The molecule has 3 rings (SSSR count). The lowest BCUT2D eigenvalue weighted by Crippen LogP contribution is -2.29. The van der Waals surface area contributed by atoms with Gasteiger partial charge in [0.1, 0.15) is 11.6 Å². The van der Waals surface area contributed by atoms with E-state index in [-0.39, 0.29) is 18.7 Å².